The van der Waals surface area contributed by atoms with Crippen LogP contribution in [-0.2, 0) is 0 Å². The zero-order valence-electron chi connectivity index (χ0n) is 18.9. The van der Waals surface area contributed by atoms with E-state index in [0.717, 1.165) is 22.6 Å². The van der Waals surface area contributed by atoms with Gasteiger partial charge in [0.25, 0.3) is 5.91 Å². The SMILES string of the molecule is CNC(=O)c1c(-c2ccc(Nc3ccccc3)cc2)oc2cc(N(C)CCO)c(OC)cc12. The Hall–Kier alpha value is -3.97. The van der Waals surface area contributed by atoms with Gasteiger partial charge in [0.05, 0.1) is 25.0 Å². The second-order valence-electron chi connectivity index (χ2n) is 7.62. The molecule has 3 N–H and O–H groups in total. The number of fused-ring (bicyclic) bond motifs is 1. The first kappa shape index (κ1) is 22.2. The molecule has 1 aromatic heterocycles. The van der Waals surface area contributed by atoms with Crippen LogP contribution in [0.15, 0.2) is 71.1 Å². The van der Waals surface area contributed by atoms with Crippen LogP contribution in [0, 0.1) is 0 Å². The van der Waals surface area contributed by atoms with Gasteiger partial charge in [-0.05, 0) is 42.5 Å². The second-order valence-corrected chi connectivity index (χ2v) is 7.62. The molecule has 0 bridgehead atoms. The van der Waals surface area contributed by atoms with E-state index >= 15 is 0 Å². The van der Waals surface area contributed by atoms with Crippen molar-refractivity contribution in [2.75, 3.05) is 44.6 Å². The van der Waals surface area contributed by atoms with E-state index in [1.165, 1.54) is 0 Å². The normalized spacial score (nSPS) is 10.8. The fraction of sp³-hybridized carbons (Fsp3) is 0.192. The Morgan fingerprint density at radius 1 is 1.06 bits per heavy atom. The zero-order valence-corrected chi connectivity index (χ0v) is 18.9. The van der Waals surface area contributed by atoms with Crippen molar-refractivity contribution < 1.29 is 19.1 Å². The number of rotatable bonds is 8. The van der Waals surface area contributed by atoms with E-state index < -0.39 is 0 Å². The summed E-state index contributed by atoms with van der Waals surface area (Å²) in [5, 5.41) is 16.1. The lowest BCUT2D eigenvalue weighted by atomic mass is 10.0. The molecule has 0 saturated carbocycles. The number of benzene rings is 3. The largest absolute Gasteiger partial charge is 0.495 e. The van der Waals surface area contributed by atoms with E-state index in [9.17, 15) is 9.90 Å². The van der Waals surface area contributed by atoms with Gasteiger partial charge in [0.2, 0.25) is 0 Å². The molecule has 0 radical (unpaired) electrons. The Morgan fingerprint density at radius 3 is 2.39 bits per heavy atom. The molecule has 7 heteroatoms. The summed E-state index contributed by atoms with van der Waals surface area (Å²) in [5.74, 6) is 0.840. The van der Waals surface area contributed by atoms with E-state index in [1.807, 2.05) is 72.6 Å². The van der Waals surface area contributed by atoms with Crippen LogP contribution in [0.2, 0.25) is 0 Å². The van der Waals surface area contributed by atoms with Crippen molar-refractivity contribution >= 4 is 33.9 Å². The molecule has 4 aromatic rings. The Kier molecular flexibility index (Phi) is 6.51. The molecule has 170 valence electrons. The number of amides is 1. The highest BCUT2D eigenvalue weighted by Crippen LogP contribution is 2.40. The van der Waals surface area contributed by atoms with Crippen molar-refractivity contribution in [2.24, 2.45) is 0 Å². The van der Waals surface area contributed by atoms with Crippen molar-refractivity contribution in [3.63, 3.8) is 0 Å². The van der Waals surface area contributed by atoms with Crippen LogP contribution < -0.4 is 20.3 Å². The summed E-state index contributed by atoms with van der Waals surface area (Å²) in [6, 6.07) is 21.3. The molecule has 0 aliphatic heterocycles. The third kappa shape index (κ3) is 4.49. The predicted octanol–water partition coefficient (Wildman–Crippen LogP) is 4.64. The van der Waals surface area contributed by atoms with Gasteiger partial charge in [-0.1, -0.05) is 18.2 Å². The summed E-state index contributed by atoms with van der Waals surface area (Å²) in [4.78, 5) is 14.7. The van der Waals surface area contributed by atoms with E-state index in [-0.39, 0.29) is 12.5 Å². The van der Waals surface area contributed by atoms with Gasteiger partial charge in [0, 0.05) is 49.0 Å². The van der Waals surface area contributed by atoms with Crippen LogP contribution in [0.5, 0.6) is 5.75 Å². The number of nitrogens with one attached hydrogen (secondary N) is 2. The van der Waals surface area contributed by atoms with Crippen LogP contribution in [0.25, 0.3) is 22.3 Å². The lowest BCUT2D eigenvalue weighted by Crippen LogP contribution is -2.21. The topological polar surface area (TPSA) is 87.0 Å². The van der Waals surface area contributed by atoms with Gasteiger partial charge in [0.15, 0.2) is 0 Å². The number of hydrogen-bond donors (Lipinski definition) is 3. The molecular weight excluding hydrogens is 418 g/mol. The number of ether oxygens (including phenoxy) is 1. The number of furan rings is 1. The summed E-state index contributed by atoms with van der Waals surface area (Å²) in [6.45, 7) is 0.446. The maximum atomic E-state index is 12.8. The smallest absolute Gasteiger partial charge is 0.255 e. The molecule has 0 aliphatic rings. The number of carbonyl (C=O) groups excluding carboxylic acids is 1. The molecule has 7 nitrogen and oxygen atoms in total. The highest BCUT2D eigenvalue weighted by Gasteiger charge is 2.24. The van der Waals surface area contributed by atoms with Gasteiger partial charge < -0.3 is 29.8 Å². The molecule has 0 spiro atoms. The zero-order chi connectivity index (χ0) is 23.4. The van der Waals surface area contributed by atoms with Crippen molar-refractivity contribution in [1.29, 1.82) is 0 Å². The number of para-hydroxylation sites is 1. The van der Waals surface area contributed by atoms with E-state index in [1.54, 1.807) is 20.2 Å². The molecule has 0 saturated heterocycles. The molecule has 1 heterocycles. The Balaban J connectivity index is 1.78. The lowest BCUT2D eigenvalue weighted by Gasteiger charge is -2.20. The highest BCUT2D eigenvalue weighted by atomic mass is 16.5. The Bertz CT molecular complexity index is 1250. The summed E-state index contributed by atoms with van der Waals surface area (Å²) in [7, 11) is 5.04. The Morgan fingerprint density at radius 2 is 1.76 bits per heavy atom. The Labute approximate surface area is 192 Å². The summed E-state index contributed by atoms with van der Waals surface area (Å²) >= 11 is 0. The summed E-state index contributed by atoms with van der Waals surface area (Å²) in [6.07, 6.45) is 0. The molecule has 1 amide bonds. The molecular formula is C26H27N3O4. The second kappa shape index (κ2) is 9.67. The maximum absolute atomic E-state index is 12.8. The molecule has 0 unspecified atom stereocenters. The number of aliphatic hydroxyl groups excluding tert-OH is 1. The molecule has 33 heavy (non-hydrogen) atoms. The number of likely N-dealkylation sites (N-methyl/N-ethyl adjacent to an activating group) is 1. The number of nitrogens with zero attached hydrogens (tertiary/aromatic N) is 1. The van der Waals surface area contributed by atoms with Gasteiger partial charge in [-0.2, -0.15) is 0 Å². The number of carbonyl (C=O) groups is 1. The molecule has 0 atom stereocenters. The average Bonchev–Trinajstić information content (AvgIpc) is 3.22. The molecule has 4 rings (SSSR count). The average molecular weight is 446 g/mol. The third-order valence-electron chi connectivity index (χ3n) is 5.50. The van der Waals surface area contributed by atoms with Gasteiger partial charge in [-0.3, -0.25) is 4.79 Å². The summed E-state index contributed by atoms with van der Waals surface area (Å²) < 4.78 is 11.8. The third-order valence-corrected chi connectivity index (χ3v) is 5.50. The fourth-order valence-corrected chi connectivity index (χ4v) is 3.79. The monoisotopic (exact) mass is 445 g/mol. The maximum Gasteiger partial charge on any atom is 0.255 e. The lowest BCUT2D eigenvalue weighted by molar-refractivity contribution is 0.0964. The standard InChI is InChI=1S/C26H27N3O4/c1-27-26(31)24-20-15-23(32-3)21(29(2)13-14-30)16-22(20)33-25(24)17-9-11-19(12-10-17)28-18-7-5-4-6-8-18/h4-12,15-16,28,30H,13-14H2,1-3H3,(H,27,31). The van der Waals surface area contributed by atoms with Gasteiger partial charge in [-0.15, -0.1) is 0 Å². The van der Waals surface area contributed by atoms with Crippen molar-refractivity contribution in [2.45, 2.75) is 0 Å². The predicted molar refractivity (Wildman–Crippen MR) is 132 cm³/mol. The number of hydrogen-bond acceptors (Lipinski definition) is 6. The minimum atomic E-state index is -0.242. The van der Waals surface area contributed by atoms with Gasteiger partial charge >= 0.3 is 0 Å². The molecule has 3 aromatic carbocycles. The highest BCUT2D eigenvalue weighted by molar-refractivity contribution is 6.12. The van der Waals surface area contributed by atoms with E-state index in [4.69, 9.17) is 9.15 Å². The van der Waals surface area contributed by atoms with Crippen LogP contribution >= 0.6 is 0 Å². The van der Waals surface area contributed by atoms with Gasteiger partial charge in [-0.25, -0.2) is 0 Å². The number of anilines is 3. The van der Waals surface area contributed by atoms with Crippen molar-refractivity contribution in [3.8, 4) is 17.1 Å². The first-order valence-electron chi connectivity index (χ1n) is 10.7. The number of methoxy groups -OCH3 is 1. The molecule has 0 aliphatic carbocycles. The fourth-order valence-electron chi connectivity index (χ4n) is 3.79. The van der Waals surface area contributed by atoms with Crippen LogP contribution in [0.4, 0.5) is 17.1 Å². The minimum absolute atomic E-state index is 0.00789. The summed E-state index contributed by atoms with van der Waals surface area (Å²) in [5.41, 5.74) is 4.49. The quantitative estimate of drug-likeness (QED) is 0.366. The van der Waals surface area contributed by atoms with Crippen LogP contribution in [0.3, 0.4) is 0 Å². The minimum Gasteiger partial charge on any atom is -0.495 e. The van der Waals surface area contributed by atoms with Crippen LogP contribution in [0.1, 0.15) is 10.4 Å². The first-order chi connectivity index (χ1) is 16.0. The van der Waals surface area contributed by atoms with Crippen LogP contribution in [-0.4, -0.2) is 45.4 Å². The van der Waals surface area contributed by atoms with Gasteiger partial charge in [0.1, 0.15) is 17.1 Å². The van der Waals surface area contributed by atoms with Crippen molar-refractivity contribution in [3.05, 3.63) is 72.3 Å². The molecule has 0 fully saturated rings. The first-order valence-corrected chi connectivity index (χ1v) is 10.7. The van der Waals surface area contributed by atoms with E-state index in [0.29, 0.717) is 34.6 Å². The van der Waals surface area contributed by atoms with Crippen molar-refractivity contribution in [1.82, 2.24) is 5.32 Å². The number of aliphatic hydroxyl groups is 1. The van der Waals surface area contributed by atoms with E-state index in [2.05, 4.69) is 10.6 Å².